The smallest absolute Gasteiger partial charge is 0.219 e. The second kappa shape index (κ2) is 12.9. The fourth-order valence-electron chi connectivity index (χ4n) is 1.96. The van der Waals surface area contributed by atoms with E-state index in [0.29, 0.717) is 13.0 Å². The van der Waals surface area contributed by atoms with E-state index in [0.717, 1.165) is 19.3 Å². The van der Waals surface area contributed by atoms with Crippen molar-refractivity contribution in [1.82, 2.24) is 5.32 Å². The lowest BCUT2D eigenvalue weighted by atomic mass is 10.1. The largest absolute Gasteiger partial charge is 0.393 e. The third-order valence-electron chi connectivity index (χ3n) is 3.13. The monoisotopic (exact) mass is 257 g/mol. The van der Waals surface area contributed by atoms with Crippen molar-refractivity contribution in [3.63, 3.8) is 0 Å². The van der Waals surface area contributed by atoms with Crippen molar-refractivity contribution in [3.05, 3.63) is 0 Å². The van der Waals surface area contributed by atoms with Crippen molar-refractivity contribution in [2.45, 2.75) is 84.2 Å². The van der Waals surface area contributed by atoms with Gasteiger partial charge in [0.2, 0.25) is 5.91 Å². The van der Waals surface area contributed by atoms with E-state index in [9.17, 15) is 4.79 Å². The lowest BCUT2D eigenvalue weighted by Crippen LogP contribution is -2.24. The molecule has 0 radical (unpaired) electrons. The molecule has 0 fully saturated rings. The van der Waals surface area contributed by atoms with Crippen molar-refractivity contribution in [2.24, 2.45) is 0 Å². The molecule has 2 N–H and O–H groups in total. The number of carbonyl (C=O) groups is 1. The Balaban J connectivity index is 3.17. The van der Waals surface area contributed by atoms with Crippen LogP contribution in [0.15, 0.2) is 0 Å². The van der Waals surface area contributed by atoms with Gasteiger partial charge in [0.15, 0.2) is 0 Å². The zero-order chi connectivity index (χ0) is 13.6. The molecule has 0 aliphatic heterocycles. The van der Waals surface area contributed by atoms with Crippen molar-refractivity contribution in [1.29, 1.82) is 0 Å². The highest BCUT2D eigenvalue weighted by Crippen LogP contribution is 2.08. The number of rotatable bonds is 12. The number of unbranched alkanes of at least 4 members (excludes halogenated alkanes) is 6. The molecule has 0 rings (SSSR count). The highest BCUT2D eigenvalue weighted by molar-refractivity contribution is 5.75. The number of hydrogen-bond donors (Lipinski definition) is 2. The van der Waals surface area contributed by atoms with Gasteiger partial charge in [0.05, 0.1) is 6.10 Å². The summed E-state index contributed by atoms with van der Waals surface area (Å²) in [5.74, 6) is 0.161. The van der Waals surface area contributed by atoms with Gasteiger partial charge >= 0.3 is 0 Å². The molecule has 0 aliphatic carbocycles. The lowest BCUT2D eigenvalue weighted by Gasteiger charge is -2.06. The molecule has 3 nitrogen and oxygen atoms in total. The van der Waals surface area contributed by atoms with E-state index in [1.54, 1.807) is 6.92 Å². The maximum absolute atomic E-state index is 11.4. The first-order chi connectivity index (χ1) is 8.66. The molecule has 0 spiro atoms. The molecule has 0 saturated heterocycles. The molecular weight excluding hydrogens is 226 g/mol. The summed E-state index contributed by atoms with van der Waals surface area (Å²) in [6.45, 7) is 4.70. The molecule has 1 atom stereocenters. The predicted octanol–water partition coefficient (Wildman–Crippen LogP) is 3.40. The van der Waals surface area contributed by atoms with Crippen LogP contribution in [-0.2, 0) is 4.79 Å². The van der Waals surface area contributed by atoms with Crippen LogP contribution in [0.25, 0.3) is 0 Å². The van der Waals surface area contributed by atoms with Gasteiger partial charge in [-0.2, -0.15) is 0 Å². The van der Waals surface area contributed by atoms with Gasteiger partial charge in [-0.3, -0.25) is 4.79 Å². The first kappa shape index (κ1) is 17.4. The Bertz CT molecular complexity index is 193. The predicted molar refractivity (Wildman–Crippen MR) is 76.5 cm³/mol. The van der Waals surface area contributed by atoms with Crippen LogP contribution in [0.4, 0.5) is 0 Å². The molecule has 0 heterocycles. The summed E-state index contributed by atoms with van der Waals surface area (Å²) in [4.78, 5) is 11.4. The SMILES string of the molecule is CCCCCCCCCC(=O)NCCCC(C)O. The average Bonchev–Trinajstić information content (AvgIpc) is 2.33. The second-order valence-corrected chi connectivity index (χ2v) is 5.21. The Hall–Kier alpha value is -0.570. The average molecular weight is 257 g/mol. The molecule has 108 valence electrons. The molecule has 1 unspecified atom stereocenters. The van der Waals surface area contributed by atoms with Gasteiger partial charge in [-0.1, -0.05) is 45.4 Å². The second-order valence-electron chi connectivity index (χ2n) is 5.21. The third kappa shape index (κ3) is 13.5. The van der Waals surface area contributed by atoms with Gasteiger partial charge in [0.1, 0.15) is 0 Å². The van der Waals surface area contributed by atoms with E-state index in [1.165, 1.54) is 38.5 Å². The highest BCUT2D eigenvalue weighted by Gasteiger charge is 2.01. The minimum absolute atomic E-state index is 0.161. The maximum atomic E-state index is 11.4. The zero-order valence-corrected chi connectivity index (χ0v) is 12.2. The lowest BCUT2D eigenvalue weighted by molar-refractivity contribution is -0.121. The molecule has 1 amide bonds. The van der Waals surface area contributed by atoms with E-state index in [2.05, 4.69) is 12.2 Å². The van der Waals surface area contributed by atoms with Crippen LogP contribution in [-0.4, -0.2) is 23.7 Å². The van der Waals surface area contributed by atoms with Crippen LogP contribution in [0.1, 0.15) is 78.1 Å². The minimum Gasteiger partial charge on any atom is -0.393 e. The Morgan fingerprint density at radius 2 is 1.67 bits per heavy atom. The van der Waals surface area contributed by atoms with Crippen LogP contribution < -0.4 is 5.32 Å². The summed E-state index contributed by atoms with van der Waals surface area (Å²) in [5.41, 5.74) is 0. The Morgan fingerprint density at radius 3 is 2.28 bits per heavy atom. The normalized spacial score (nSPS) is 12.4. The fourth-order valence-corrected chi connectivity index (χ4v) is 1.96. The van der Waals surface area contributed by atoms with Crippen LogP contribution in [0.2, 0.25) is 0 Å². The number of carbonyl (C=O) groups excluding carboxylic acids is 1. The molecule has 0 saturated carbocycles. The Labute approximate surface area is 112 Å². The van der Waals surface area contributed by atoms with Gasteiger partial charge in [-0.05, 0) is 26.2 Å². The molecular formula is C15H31NO2. The van der Waals surface area contributed by atoms with Gasteiger partial charge < -0.3 is 10.4 Å². The van der Waals surface area contributed by atoms with Crippen LogP contribution in [0.5, 0.6) is 0 Å². The number of nitrogens with one attached hydrogen (secondary N) is 1. The Morgan fingerprint density at radius 1 is 1.06 bits per heavy atom. The number of hydrogen-bond acceptors (Lipinski definition) is 2. The molecule has 0 aromatic carbocycles. The number of aliphatic hydroxyl groups excluding tert-OH is 1. The van der Waals surface area contributed by atoms with Crippen molar-refractivity contribution in [2.75, 3.05) is 6.54 Å². The zero-order valence-electron chi connectivity index (χ0n) is 12.2. The molecule has 0 aliphatic rings. The van der Waals surface area contributed by atoms with Crippen molar-refractivity contribution >= 4 is 5.91 Å². The Kier molecular flexibility index (Phi) is 12.5. The summed E-state index contributed by atoms with van der Waals surface area (Å²) >= 11 is 0. The van der Waals surface area contributed by atoms with E-state index in [4.69, 9.17) is 5.11 Å². The number of aliphatic hydroxyl groups is 1. The molecule has 0 aromatic heterocycles. The van der Waals surface area contributed by atoms with E-state index in [1.807, 2.05) is 0 Å². The molecule has 0 bridgehead atoms. The molecule has 3 heteroatoms. The van der Waals surface area contributed by atoms with Crippen LogP contribution in [0, 0.1) is 0 Å². The molecule has 0 aromatic rings. The standard InChI is InChI=1S/C15H31NO2/c1-3-4-5-6-7-8-9-12-15(18)16-13-10-11-14(2)17/h14,17H,3-13H2,1-2H3,(H,16,18). The van der Waals surface area contributed by atoms with E-state index >= 15 is 0 Å². The van der Waals surface area contributed by atoms with Crippen molar-refractivity contribution in [3.8, 4) is 0 Å². The first-order valence-electron chi connectivity index (χ1n) is 7.61. The van der Waals surface area contributed by atoms with Gasteiger partial charge in [-0.25, -0.2) is 0 Å². The summed E-state index contributed by atoms with van der Waals surface area (Å²) in [5, 5.41) is 12.0. The molecule has 18 heavy (non-hydrogen) atoms. The van der Waals surface area contributed by atoms with E-state index in [-0.39, 0.29) is 12.0 Å². The number of amides is 1. The summed E-state index contributed by atoms with van der Waals surface area (Å²) in [6, 6.07) is 0. The maximum Gasteiger partial charge on any atom is 0.219 e. The van der Waals surface area contributed by atoms with E-state index < -0.39 is 0 Å². The first-order valence-corrected chi connectivity index (χ1v) is 7.61. The van der Waals surface area contributed by atoms with Gasteiger partial charge in [-0.15, -0.1) is 0 Å². The summed E-state index contributed by atoms with van der Waals surface area (Å²) in [6.07, 6.45) is 10.7. The quantitative estimate of drug-likeness (QED) is 0.526. The fraction of sp³-hybridized carbons (Fsp3) is 0.933. The van der Waals surface area contributed by atoms with Crippen LogP contribution >= 0.6 is 0 Å². The van der Waals surface area contributed by atoms with Gasteiger partial charge in [0.25, 0.3) is 0 Å². The minimum atomic E-state index is -0.259. The topological polar surface area (TPSA) is 49.3 Å². The summed E-state index contributed by atoms with van der Waals surface area (Å²) in [7, 11) is 0. The highest BCUT2D eigenvalue weighted by atomic mass is 16.3. The third-order valence-corrected chi connectivity index (χ3v) is 3.13. The van der Waals surface area contributed by atoms with Crippen LogP contribution in [0.3, 0.4) is 0 Å². The van der Waals surface area contributed by atoms with Crippen molar-refractivity contribution < 1.29 is 9.90 Å². The summed E-state index contributed by atoms with van der Waals surface area (Å²) < 4.78 is 0. The van der Waals surface area contributed by atoms with Gasteiger partial charge in [0, 0.05) is 13.0 Å².